The summed E-state index contributed by atoms with van der Waals surface area (Å²) < 4.78 is 11.1. The van der Waals surface area contributed by atoms with Crippen molar-refractivity contribution in [1.82, 2.24) is 10.2 Å². The number of benzene rings is 2. The van der Waals surface area contributed by atoms with Gasteiger partial charge in [0.15, 0.2) is 6.61 Å². The summed E-state index contributed by atoms with van der Waals surface area (Å²) in [6.07, 6.45) is 0.988. The average molecular weight is 383 g/mol. The van der Waals surface area contributed by atoms with Crippen LogP contribution in [0.25, 0.3) is 0 Å². The number of carbonyl (C=O) groups is 1. The number of ether oxygens (including phenoxy) is 1. The highest BCUT2D eigenvalue weighted by atomic mass is 32.2. The molecule has 6 nitrogen and oxygen atoms in total. The first-order valence-corrected chi connectivity index (χ1v) is 9.64. The van der Waals surface area contributed by atoms with Gasteiger partial charge in [-0.25, -0.2) is 0 Å². The summed E-state index contributed by atoms with van der Waals surface area (Å²) in [6, 6.07) is 15.5. The monoisotopic (exact) mass is 383 g/mol. The number of anilines is 1. The molecule has 3 aromatic rings. The largest absolute Gasteiger partial charge is 0.484 e. The van der Waals surface area contributed by atoms with Gasteiger partial charge in [0, 0.05) is 5.69 Å². The minimum atomic E-state index is -0.129. The highest BCUT2D eigenvalue weighted by Gasteiger charge is 2.10. The molecule has 1 amide bonds. The lowest BCUT2D eigenvalue weighted by Gasteiger charge is -2.04. The van der Waals surface area contributed by atoms with Crippen LogP contribution in [0.15, 0.2) is 58.2 Å². The number of aryl methyl sites for hydroxylation is 2. The zero-order chi connectivity index (χ0) is 19.1. The fraction of sp³-hybridized carbons (Fsp3) is 0.250. The van der Waals surface area contributed by atoms with Crippen molar-refractivity contribution in [3.63, 3.8) is 0 Å². The molecular formula is C20H21N3O3S. The number of aromatic nitrogens is 2. The summed E-state index contributed by atoms with van der Waals surface area (Å²) in [5.41, 5.74) is 3.16. The van der Waals surface area contributed by atoms with Gasteiger partial charge < -0.3 is 14.5 Å². The van der Waals surface area contributed by atoms with Gasteiger partial charge in [0.2, 0.25) is 5.91 Å². The summed E-state index contributed by atoms with van der Waals surface area (Å²) in [7, 11) is 0. The van der Waals surface area contributed by atoms with Gasteiger partial charge in [0.05, 0.1) is 5.75 Å². The normalized spacial score (nSPS) is 10.6. The van der Waals surface area contributed by atoms with Crippen molar-refractivity contribution in [2.75, 3.05) is 11.1 Å². The van der Waals surface area contributed by atoms with Gasteiger partial charge in [-0.3, -0.25) is 4.79 Å². The van der Waals surface area contributed by atoms with Gasteiger partial charge in [0.25, 0.3) is 11.1 Å². The number of carbonyl (C=O) groups excluding carboxylic acids is 1. The van der Waals surface area contributed by atoms with E-state index in [1.807, 2.05) is 55.5 Å². The molecule has 0 bridgehead atoms. The number of rotatable bonds is 8. The van der Waals surface area contributed by atoms with E-state index < -0.39 is 0 Å². The Morgan fingerprint density at radius 1 is 1.11 bits per heavy atom. The maximum absolute atomic E-state index is 12.0. The average Bonchev–Trinajstić information content (AvgIpc) is 3.15. The van der Waals surface area contributed by atoms with Crippen molar-refractivity contribution in [1.29, 1.82) is 0 Å². The second-order valence-electron chi connectivity index (χ2n) is 5.95. The van der Waals surface area contributed by atoms with E-state index in [1.165, 1.54) is 17.3 Å². The van der Waals surface area contributed by atoms with Crippen LogP contribution in [0.2, 0.25) is 0 Å². The highest BCUT2D eigenvalue weighted by Crippen LogP contribution is 2.19. The molecule has 0 spiro atoms. The molecule has 0 aliphatic heterocycles. The molecule has 1 N–H and O–H groups in total. The molecule has 0 unspecified atom stereocenters. The maximum atomic E-state index is 12.0. The number of amides is 1. The Kier molecular flexibility index (Phi) is 6.49. The van der Waals surface area contributed by atoms with Crippen LogP contribution in [0.5, 0.6) is 5.75 Å². The third-order valence-electron chi connectivity index (χ3n) is 3.80. The summed E-state index contributed by atoms with van der Waals surface area (Å²) in [5, 5.41) is 11.0. The zero-order valence-electron chi connectivity index (χ0n) is 15.3. The van der Waals surface area contributed by atoms with Crippen molar-refractivity contribution in [2.45, 2.75) is 32.1 Å². The van der Waals surface area contributed by atoms with Crippen molar-refractivity contribution in [3.8, 4) is 5.75 Å². The Morgan fingerprint density at radius 3 is 2.56 bits per heavy atom. The van der Waals surface area contributed by atoms with Gasteiger partial charge in [-0.2, -0.15) is 0 Å². The van der Waals surface area contributed by atoms with E-state index in [0.29, 0.717) is 11.1 Å². The predicted octanol–water partition coefficient (Wildman–Crippen LogP) is 4.25. The number of nitrogens with zero attached hydrogens (tertiary/aromatic N) is 2. The van der Waals surface area contributed by atoms with E-state index >= 15 is 0 Å². The van der Waals surface area contributed by atoms with Crippen molar-refractivity contribution >= 4 is 23.4 Å². The van der Waals surface area contributed by atoms with Crippen LogP contribution in [-0.4, -0.2) is 21.9 Å². The first-order valence-electron chi connectivity index (χ1n) is 8.66. The van der Waals surface area contributed by atoms with Crippen LogP contribution in [0, 0.1) is 6.92 Å². The molecule has 2 aromatic carbocycles. The minimum absolute atomic E-state index is 0.129. The SMILES string of the molecule is CCc1ccc(OCc2nnc(SCC(=O)Nc3ccc(C)cc3)o2)cc1. The number of hydrogen-bond donors (Lipinski definition) is 1. The lowest BCUT2D eigenvalue weighted by Crippen LogP contribution is -2.13. The van der Waals surface area contributed by atoms with E-state index in [1.54, 1.807) is 0 Å². The third kappa shape index (κ3) is 5.86. The van der Waals surface area contributed by atoms with E-state index in [2.05, 4.69) is 22.4 Å². The van der Waals surface area contributed by atoms with Gasteiger partial charge in [0.1, 0.15) is 5.75 Å². The standard InChI is InChI=1S/C20H21N3O3S/c1-3-15-6-10-17(11-7-15)25-12-19-22-23-20(26-19)27-13-18(24)21-16-8-4-14(2)5-9-16/h4-11H,3,12-13H2,1-2H3,(H,21,24). The van der Waals surface area contributed by atoms with Crippen LogP contribution >= 0.6 is 11.8 Å². The van der Waals surface area contributed by atoms with Gasteiger partial charge in [-0.1, -0.05) is 48.5 Å². The van der Waals surface area contributed by atoms with Crippen molar-refractivity contribution < 1.29 is 13.9 Å². The predicted molar refractivity (Wildman–Crippen MR) is 105 cm³/mol. The molecule has 1 aromatic heterocycles. The molecule has 0 saturated carbocycles. The molecule has 27 heavy (non-hydrogen) atoms. The molecule has 140 valence electrons. The molecule has 0 fully saturated rings. The molecule has 0 aliphatic carbocycles. The quantitative estimate of drug-likeness (QED) is 0.586. The molecule has 0 radical (unpaired) electrons. The lowest BCUT2D eigenvalue weighted by molar-refractivity contribution is -0.113. The molecular weight excluding hydrogens is 362 g/mol. The third-order valence-corrected chi connectivity index (χ3v) is 4.62. The first-order chi connectivity index (χ1) is 13.1. The van der Waals surface area contributed by atoms with E-state index in [4.69, 9.17) is 9.15 Å². The minimum Gasteiger partial charge on any atom is -0.484 e. The van der Waals surface area contributed by atoms with E-state index in [9.17, 15) is 4.79 Å². The molecule has 0 atom stereocenters. The van der Waals surface area contributed by atoms with Crippen LogP contribution in [0.1, 0.15) is 23.9 Å². The summed E-state index contributed by atoms with van der Waals surface area (Å²) in [4.78, 5) is 12.0. The molecule has 0 aliphatic rings. The smallest absolute Gasteiger partial charge is 0.277 e. The summed E-state index contributed by atoms with van der Waals surface area (Å²) in [6.45, 7) is 4.29. The van der Waals surface area contributed by atoms with Crippen molar-refractivity contribution in [3.05, 3.63) is 65.5 Å². The second-order valence-corrected chi connectivity index (χ2v) is 6.88. The van der Waals surface area contributed by atoms with E-state index in [-0.39, 0.29) is 18.3 Å². The Balaban J connectivity index is 1.44. The maximum Gasteiger partial charge on any atom is 0.277 e. The fourth-order valence-electron chi connectivity index (χ4n) is 2.28. The number of hydrogen-bond acceptors (Lipinski definition) is 6. The Bertz CT molecular complexity index is 876. The summed E-state index contributed by atoms with van der Waals surface area (Å²) >= 11 is 1.19. The van der Waals surface area contributed by atoms with Crippen LogP contribution in [0.4, 0.5) is 5.69 Å². The summed E-state index contributed by atoms with van der Waals surface area (Å²) in [5.74, 6) is 1.18. The zero-order valence-corrected chi connectivity index (χ0v) is 16.1. The molecule has 1 heterocycles. The Morgan fingerprint density at radius 2 is 1.85 bits per heavy atom. The highest BCUT2D eigenvalue weighted by molar-refractivity contribution is 7.99. The lowest BCUT2D eigenvalue weighted by atomic mass is 10.2. The van der Waals surface area contributed by atoms with Gasteiger partial charge in [-0.05, 0) is 43.2 Å². The van der Waals surface area contributed by atoms with Gasteiger partial charge in [-0.15, -0.1) is 10.2 Å². The topological polar surface area (TPSA) is 77.2 Å². The van der Waals surface area contributed by atoms with Crippen LogP contribution in [-0.2, 0) is 17.8 Å². The number of thioether (sulfide) groups is 1. The van der Waals surface area contributed by atoms with E-state index in [0.717, 1.165) is 23.4 Å². The number of nitrogens with one attached hydrogen (secondary N) is 1. The first kappa shape index (κ1) is 19.0. The van der Waals surface area contributed by atoms with Crippen LogP contribution < -0.4 is 10.1 Å². The fourth-order valence-corrected chi connectivity index (χ4v) is 2.86. The molecule has 0 saturated heterocycles. The molecule has 3 rings (SSSR count). The van der Waals surface area contributed by atoms with Gasteiger partial charge >= 0.3 is 0 Å². The van der Waals surface area contributed by atoms with Crippen molar-refractivity contribution in [2.24, 2.45) is 0 Å². The Labute approximate surface area is 162 Å². The Hall–Kier alpha value is -2.80. The molecule has 7 heteroatoms. The van der Waals surface area contributed by atoms with Crippen LogP contribution in [0.3, 0.4) is 0 Å². The second kappa shape index (κ2) is 9.23.